The van der Waals surface area contributed by atoms with Gasteiger partial charge < -0.3 is 24.0 Å². The zero-order valence-electron chi connectivity index (χ0n) is 25.6. The Morgan fingerprint density at radius 3 is 2.10 bits per heavy atom. The molecule has 0 spiro atoms. The molecule has 0 N–H and O–H groups in total. The number of ether oxygens (including phenoxy) is 3. The second-order valence-corrected chi connectivity index (χ2v) is 11.1. The number of aromatic nitrogens is 5. The van der Waals surface area contributed by atoms with Crippen LogP contribution in [-0.4, -0.2) is 110 Å². The maximum atomic E-state index is 14.1. The van der Waals surface area contributed by atoms with Crippen molar-refractivity contribution in [2.45, 2.75) is 30.6 Å². The van der Waals surface area contributed by atoms with Gasteiger partial charge in [-0.2, -0.15) is 10.1 Å². The molecule has 2 fully saturated rings. The Hall–Kier alpha value is -5.90. The fourth-order valence-electron chi connectivity index (χ4n) is 5.50. The number of likely N-dealkylation sites (N-methyl/N-ethyl adjacent to an activating group) is 1. The molecule has 2 saturated heterocycles. The fourth-order valence-corrected chi connectivity index (χ4v) is 5.50. The Morgan fingerprint density at radius 2 is 1.54 bits per heavy atom. The number of benzene rings is 2. The maximum absolute atomic E-state index is 14.1. The third-order valence-corrected chi connectivity index (χ3v) is 8.03. The number of piperazine rings is 1. The van der Waals surface area contributed by atoms with Gasteiger partial charge in [0.15, 0.2) is 30.4 Å². The highest BCUT2D eigenvalue weighted by atomic mass is 16.6. The van der Waals surface area contributed by atoms with E-state index in [-0.39, 0.29) is 16.9 Å². The van der Waals surface area contributed by atoms with E-state index in [0.717, 1.165) is 4.57 Å². The van der Waals surface area contributed by atoms with Gasteiger partial charge in [0.2, 0.25) is 0 Å². The Balaban J connectivity index is 1.46. The van der Waals surface area contributed by atoms with Gasteiger partial charge in [-0.15, -0.1) is 0 Å². The van der Waals surface area contributed by atoms with Gasteiger partial charge in [0.25, 0.3) is 5.91 Å². The molecule has 17 heteroatoms. The zero-order valence-corrected chi connectivity index (χ0v) is 25.6. The van der Waals surface area contributed by atoms with Crippen molar-refractivity contribution in [3.8, 4) is 5.82 Å². The lowest BCUT2D eigenvalue weighted by Gasteiger charge is -2.45. The standard InChI is InChI=1S/C31H30N10O7/c1-38-14-16-39(17-15-38)27(42)25-23(36-37-32)24(47-29(43)20-8-4-2-5-9-20)26(48-30(44)21-10-6-3-7-11-21)28(46-25)40-13-12-22(35-31(40)45)41-19-33-18-34-41/h2-13,18-19,23-26,28H,14-17H2,1H3/t23-,24-,25-,26+,28+/m0/s1. The van der Waals surface area contributed by atoms with Crippen LogP contribution in [0.1, 0.15) is 26.9 Å². The topological polar surface area (TPSA) is 200 Å². The smallest absolute Gasteiger partial charge is 0.351 e. The SMILES string of the molecule is CN1CCN(C(=O)[C@H]2O[C@@H](n3ccc(-n4cncn4)nc3=O)[C@H](OC(=O)c3ccccc3)[C@@H](OC(=O)c3ccccc3)[C@@H]2N=[N+]=[N-])CC1. The molecule has 0 radical (unpaired) electrons. The highest BCUT2D eigenvalue weighted by Crippen LogP contribution is 2.35. The molecule has 5 atom stereocenters. The number of esters is 2. The number of carbonyl (C=O) groups is 3. The normalized spacial score (nSPS) is 22.7. The number of hydrogen-bond donors (Lipinski definition) is 0. The van der Waals surface area contributed by atoms with Gasteiger partial charge in [0, 0.05) is 37.3 Å². The van der Waals surface area contributed by atoms with Gasteiger partial charge in [-0.05, 0) is 42.9 Å². The molecule has 0 aliphatic carbocycles. The van der Waals surface area contributed by atoms with Crippen molar-refractivity contribution in [3.63, 3.8) is 0 Å². The molecular formula is C31H30N10O7. The minimum absolute atomic E-state index is 0.131. The number of azide groups is 1. The van der Waals surface area contributed by atoms with Gasteiger partial charge in [0.05, 0.1) is 11.1 Å². The Morgan fingerprint density at radius 1 is 0.917 bits per heavy atom. The molecular weight excluding hydrogens is 624 g/mol. The summed E-state index contributed by atoms with van der Waals surface area (Å²) in [4.78, 5) is 69.2. The molecule has 17 nitrogen and oxygen atoms in total. The van der Waals surface area contributed by atoms with Crippen LogP contribution < -0.4 is 5.69 Å². The van der Waals surface area contributed by atoms with Crippen molar-refractivity contribution in [2.24, 2.45) is 5.11 Å². The minimum atomic E-state index is -1.60. The molecule has 4 heterocycles. The molecule has 2 aromatic heterocycles. The van der Waals surface area contributed by atoms with Crippen LogP contribution in [0.2, 0.25) is 0 Å². The van der Waals surface area contributed by atoms with E-state index in [0.29, 0.717) is 26.2 Å². The first kappa shape index (κ1) is 32.1. The highest BCUT2D eigenvalue weighted by molar-refractivity contribution is 5.90. The first-order chi connectivity index (χ1) is 23.3. The van der Waals surface area contributed by atoms with E-state index < -0.39 is 54.1 Å². The van der Waals surface area contributed by atoms with E-state index in [4.69, 9.17) is 14.2 Å². The zero-order chi connectivity index (χ0) is 33.6. The summed E-state index contributed by atoms with van der Waals surface area (Å²) in [6, 6.07) is 15.9. The largest absolute Gasteiger partial charge is 0.454 e. The van der Waals surface area contributed by atoms with E-state index in [9.17, 15) is 24.7 Å². The molecule has 6 rings (SSSR count). The predicted molar refractivity (Wildman–Crippen MR) is 166 cm³/mol. The van der Waals surface area contributed by atoms with E-state index in [2.05, 4.69) is 25.1 Å². The van der Waals surface area contributed by atoms with E-state index in [1.165, 1.54) is 53.9 Å². The predicted octanol–water partition coefficient (Wildman–Crippen LogP) is 1.63. The molecule has 1 amide bonds. The first-order valence-corrected chi connectivity index (χ1v) is 15.0. The fraction of sp³-hybridized carbons (Fsp3) is 0.323. The van der Waals surface area contributed by atoms with Crippen molar-refractivity contribution in [2.75, 3.05) is 33.2 Å². The van der Waals surface area contributed by atoms with Crippen LogP contribution in [0.15, 0.2) is 95.5 Å². The Labute approximate surface area is 272 Å². The summed E-state index contributed by atoms with van der Waals surface area (Å²) in [5.41, 5.74) is 9.10. The molecule has 2 aromatic carbocycles. The van der Waals surface area contributed by atoms with Crippen molar-refractivity contribution in [3.05, 3.63) is 118 Å². The molecule has 246 valence electrons. The number of rotatable bonds is 8. The Kier molecular flexibility index (Phi) is 9.52. The summed E-state index contributed by atoms with van der Waals surface area (Å²) >= 11 is 0. The van der Waals surface area contributed by atoms with Crippen LogP contribution in [0, 0.1) is 0 Å². The van der Waals surface area contributed by atoms with Crippen molar-refractivity contribution in [1.29, 1.82) is 0 Å². The summed E-state index contributed by atoms with van der Waals surface area (Å²) < 4.78 is 20.5. The van der Waals surface area contributed by atoms with E-state index >= 15 is 0 Å². The summed E-state index contributed by atoms with van der Waals surface area (Å²) in [6.07, 6.45) is -2.37. The first-order valence-electron chi connectivity index (χ1n) is 15.0. The van der Waals surface area contributed by atoms with Crippen LogP contribution in [0.3, 0.4) is 0 Å². The summed E-state index contributed by atoms with van der Waals surface area (Å²) in [6.45, 7) is 1.84. The van der Waals surface area contributed by atoms with Gasteiger partial charge in [-0.3, -0.25) is 9.36 Å². The lowest BCUT2D eigenvalue weighted by Crippen LogP contribution is -2.63. The summed E-state index contributed by atoms with van der Waals surface area (Å²) in [5, 5.41) is 7.85. The Bertz CT molecular complexity index is 1860. The van der Waals surface area contributed by atoms with E-state index in [1.54, 1.807) is 41.3 Å². The average molecular weight is 655 g/mol. The van der Waals surface area contributed by atoms with Gasteiger partial charge in [-0.1, -0.05) is 41.5 Å². The molecule has 4 aromatic rings. The number of hydrogen-bond acceptors (Lipinski definition) is 12. The quantitative estimate of drug-likeness (QED) is 0.116. The third-order valence-electron chi connectivity index (χ3n) is 8.03. The highest BCUT2D eigenvalue weighted by Gasteiger charge is 2.54. The molecule has 0 saturated carbocycles. The number of amides is 1. The molecule has 2 aliphatic rings. The van der Waals surface area contributed by atoms with E-state index in [1.807, 2.05) is 11.9 Å². The molecule has 0 unspecified atom stereocenters. The average Bonchev–Trinajstić information content (AvgIpc) is 3.66. The van der Waals surface area contributed by atoms with Crippen LogP contribution in [0.4, 0.5) is 0 Å². The van der Waals surface area contributed by atoms with Crippen molar-refractivity contribution in [1.82, 2.24) is 34.1 Å². The van der Waals surface area contributed by atoms with Crippen LogP contribution in [0.25, 0.3) is 16.3 Å². The summed E-state index contributed by atoms with van der Waals surface area (Å²) in [7, 11) is 1.92. The molecule has 2 aliphatic heterocycles. The second kappa shape index (κ2) is 14.3. The second-order valence-electron chi connectivity index (χ2n) is 11.1. The summed E-state index contributed by atoms with van der Waals surface area (Å²) in [5.74, 6) is -2.12. The van der Waals surface area contributed by atoms with Gasteiger partial charge >= 0.3 is 17.6 Å². The van der Waals surface area contributed by atoms with Gasteiger partial charge in [0.1, 0.15) is 18.7 Å². The molecule has 0 bridgehead atoms. The van der Waals surface area contributed by atoms with Gasteiger partial charge in [-0.25, -0.2) is 24.0 Å². The van der Waals surface area contributed by atoms with Crippen LogP contribution in [0.5, 0.6) is 0 Å². The number of carbonyl (C=O) groups excluding carboxylic acids is 3. The van der Waals surface area contributed by atoms with Crippen molar-refractivity contribution < 1.29 is 28.6 Å². The third kappa shape index (κ3) is 6.78. The lowest BCUT2D eigenvalue weighted by molar-refractivity contribution is -0.214. The monoisotopic (exact) mass is 654 g/mol. The molecule has 48 heavy (non-hydrogen) atoms. The van der Waals surface area contributed by atoms with Crippen LogP contribution >= 0.6 is 0 Å². The number of nitrogens with zero attached hydrogens (tertiary/aromatic N) is 10. The van der Waals surface area contributed by atoms with Crippen molar-refractivity contribution >= 4 is 17.8 Å². The minimum Gasteiger partial charge on any atom is -0.454 e. The lowest BCUT2D eigenvalue weighted by atomic mass is 9.93. The van der Waals surface area contributed by atoms with Crippen LogP contribution in [-0.2, 0) is 19.0 Å². The maximum Gasteiger partial charge on any atom is 0.351 e.